The Morgan fingerprint density at radius 1 is 1.21 bits per heavy atom. The molecule has 1 aliphatic heterocycles. The van der Waals surface area contributed by atoms with Crippen molar-refractivity contribution in [3.05, 3.63) is 41.5 Å². The monoisotopic (exact) mass is 476 g/mol. The molecule has 0 saturated carbocycles. The fraction of sp³-hybridized carbons (Fsp3) is 0.560. The summed E-state index contributed by atoms with van der Waals surface area (Å²) in [6.07, 6.45) is 0.566. The molecule has 0 radical (unpaired) electrons. The van der Waals surface area contributed by atoms with Gasteiger partial charge < -0.3 is 23.9 Å². The summed E-state index contributed by atoms with van der Waals surface area (Å²) in [4.78, 5) is 28.3. The third kappa shape index (κ3) is 6.64. The zero-order valence-electron chi connectivity index (χ0n) is 20.6. The summed E-state index contributed by atoms with van der Waals surface area (Å²) in [6, 6.07) is 5.78. The highest BCUT2D eigenvalue weighted by Crippen LogP contribution is 2.32. The molecule has 2 aromatic rings. The van der Waals surface area contributed by atoms with Gasteiger partial charge in [-0.15, -0.1) is 0 Å². The Hall–Kier alpha value is -2.78. The van der Waals surface area contributed by atoms with Crippen LogP contribution in [0.2, 0.25) is 0 Å². The van der Waals surface area contributed by atoms with E-state index in [2.05, 4.69) is 4.98 Å². The minimum absolute atomic E-state index is 0.0460. The highest BCUT2D eigenvalue weighted by molar-refractivity contribution is 5.87. The number of benzene rings is 1. The molecule has 9 heteroatoms. The van der Waals surface area contributed by atoms with E-state index < -0.39 is 17.4 Å². The average Bonchev–Trinajstić information content (AvgIpc) is 3.00. The van der Waals surface area contributed by atoms with Gasteiger partial charge in [0, 0.05) is 24.2 Å². The molecule has 0 aliphatic carbocycles. The average molecular weight is 477 g/mol. The highest BCUT2D eigenvalue weighted by atomic mass is 19.1. The number of carboxylic acids is 1. The summed E-state index contributed by atoms with van der Waals surface area (Å²) < 4.78 is 32.7. The van der Waals surface area contributed by atoms with Gasteiger partial charge >= 0.3 is 11.9 Å². The number of nitrogens with zero attached hydrogens (tertiary/aromatic N) is 2. The van der Waals surface area contributed by atoms with Gasteiger partial charge in [0.05, 0.1) is 18.6 Å². The van der Waals surface area contributed by atoms with E-state index in [1.54, 1.807) is 32.9 Å². The van der Waals surface area contributed by atoms with Crippen LogP contribution in [-0.2, 0) is 25.5 Å². The Bertz CT molecular complexity index is 1040. The van der Waals surface area contributed by atoms with Gasteiger partial charge in [-0.3, -0.25) is 4.79 Å². The van der Waals surface area contributed by atoms with Crippen molar-refractivity contribution in [2.45, 2.75) is 90.9 Å². The molecule has 2 atom stereocenters. The van der Waals surface area contributed by atoms with Gasteiger partial charge in [0.1, 0.15) is 17.2 Å². The SMILES string of the molecule is Cc1c(C(=O)O)nc(-c2ccc(F)cc2)n1CCC1CC(CC(=O)OC(C)(C)C)OC(C)(C)O1. The number of hydrogen-bond acceptors (Lipinski definition) is 6. The first kappa shape index (κ1) is 25.8. The number of imidazole rings is 1. The summed E-state index contributed by atoms with van der Waals surface area (Å²) >= 11 is 0. The molecule has 186 valence electrons. The molecule has 0 amide bonds. The lowest BCUT2D eigenvalue weighted by atomic mass is 10.0. The summed E-state index contributed by atoms with van der Waals surface area (Å²) in [5.41, 5.74) is 0.501. The van der Waals surface area contributed by atoms with E-state index in [4.69, 9.17) is 14.2 Å². The fourth-order valence-corrected chi connectivity index (χ4v) is 4.19. The highest BCUT2D eigenvalue weighted by Gasteiger charge is 2.37. The molecule has 1 aromatic heterocycles. The summed E-state index contributed by atoms with van der Waals surface area (Å²) in [5.74, 6) is -2.27. The number of carbonyl (C=O) groups excluding carboxylic acids is 1. The Kier molecular flexibility index (Phi) is 7.47. The number of aromatic nitrogens is 2. The molecule has 2 heterocycles. The van der Waals surface area contributed by atoms with E-state index >= 15 is 0 Å². The van der Waals surface area contributed by atoms with Gasteiger partial charge in [-0.05, 0) is 72.2 Å². The number of rotatable bonds is 7. The molecule has 2 unspecified atom stereocenters. The van der Waals surface area contributed by atoms with Crippen LogP contribution in [0.3, 0.4) is 0 Å². The van der Waals surface area contributed by atoms with Crippen molar-refractivity contribution in [1.82, 2.24) is 9.55 Å². The van der Waals surface area contributed by atoms with E-state index in [-0.39, 0.29) is 36.1 Å². The third-order valence-electron chi connectivity index (χ3n) is 5.44. The predicted octanol–water partition coefficient (Wildman–Crippen LogP) is 4.73. The van der Waals surface area contributed by atoms with Gasteiger partial charge in [0.25, 0.3) is 0 Å². The smallest absolute Gasteiger partial charge is 0.356 e. The standard InChI is InChI=1S/C25H33FN2O6/c1-15-21(23(30)31)27-22(16-7-9-17(26)10-8-16)28(15)12-11-18-13-19(33-25(5,6)32-18)14-20(29)34-24(2,3)4/h7-10,18-19H,11-14H2,1-6H3,(H,30,31). The molecular formula is C25H33FN2O6. The second kappa shape index (κ2) is 9.84. The third-order valence-corrected chi connectivity index (χ3v) is 5.44. The van der Waals surface area contributed by atoms with Crippen molar-refractivity contribution in [2.75, 3.05) is 0 Å². The quantitative estimate of drug-likeness (QED) is 0.577. The summed E-state index contributed by atoms with van der Waals surface area (Å²) in [5, 5.41) is 9.56. The van der Waals surface area contributed by atoms with Crippen LogP contribution in [0.5, 0.6) is 0 Å². The lowest BCUT2D eigenvalue weighted by Gasteiger charge is -2.41. The molecule has 3 rings (SSSR count). The Balaban J connectivity index is 1.77. The van der Waals surface area contributed by atoms with Crippen LogP contribution in [0.15, 0.2) is 24.3 Å². The summed E-state index contributed by atoms with van der Waals surface area (Å²) in [6.45, 7) is 11.2. The van der Waals surface area contributed by atoms with Crippen LogP contribution < -0.4 is 0 Å². The van der Waals surface area contributed by atoms with Crippen LogP contribution in [0.4, 0.5) is 4.39 Å². The largest absolute Gasteiger partial charge is 0.476 e. The van der Waals surface area contributed by atoms with Crippen LogP contribution in [0.25, 0.3) is 11.4 Å². The minimum atomic E-state index is -1.12. The lowest BCUT2D eigenvalue weighted by Crippen LogP contribution is -2.46. The molecular weight excluding hydrogens is 443 g/mol. The zero-order chi connectivity index (χ0) is 25.3. The maximum atomic E-state index is 13.4. The second-order valence-electron chi connectivity index (χ2n) is 10.0. The van der Waals surface area contributed by atoms with Crippen molar-refractivity contribution < 1.29 is 33.3 Å². The van der Waals surface area contributed by atoms with Crippen molar-refractivity contribution in [2.24, 2.45) is 0 Å². The Morgan fingerprint density at radius 3 is 2.41 bits per heavy atom. The van der Waals surface area contributed by atoms with Gasteiger partial charge in [0.15, 0.2) is 11.5 Å². The zero-order valence-corrected chi connectivity index (χ0v) is 20.6. The first-order chi connectivity index (χ1) is 15.7. The van der Waals surface area contributed by atoms with Crippen molar-refractivity contribution in [1.29, 1.82) is 0 Å². The van der Waals surface area contributed by atoms with Gasteiger partial charge in [-0.25, -0.2) is 14.2 Å². The fourth-order valence-electron chi connectivity index (χ4n) is 4.19. The molecule has 34 heavy (non-hydrogen) atoms. The van der Waals surface area contributed by atoms with Gasteiger partial charge in [-0.1, -0.05) is 0 Å². The number of carbonyl (C=O) groups is 2. The molecule has 8 nitrogen and oxygen atoms in total. The topological polar surface area (TPSA) is 99.9 Å². The number of esters is 1. The number of halogens is 1. The van der Waals surface area contributed by atoms with E-state index in [1.165, 1.54) is 12.1 Å². The molecule has 1 aromatic carbocycles. The normalized spacial score (nSPS) is 20.2. The first-order valence-electron chi connectivity index (χ1n) is 11.4. The van der Waals surface area contributed by atoms with E-state index in [0.717, 1.165) is 0 Å². The number of hydrogen-bond donors (Lipinski definition) is 1. The molecule has 0 spiro atoms. The molecule has 1 N–H and O–H groups in total. The molecule has 1 saturated heterocycles. The van der Waals surface area contributed by atoms with Crippen molar-refractivity contribution >= 4 is 11.9 Å². The maximum absolute atomic E-state index is 13.4. The lowest BCUT2D eigenvalue weighted by molar-refractivity contribution is -0.301. The van der Waals surface area contributed by atoms with Crippen molar-refractivity contribution in [3.8, 4) is 11.4 Å². The molecule has 1 fully saturated rings. The Morgan fingerprint density at radius 2 is 1.82 bits per heavy atom. The number of aromatic carboxylic acids is 1. The van der Waals surface area contributed by atoms with E-state index in [9.17, 15) is 19.1 Å². The van der Waals surface area contributed by atoms with Crippen LogP contribution in [0, 0.1) is 12.7 Å². The first-order valence-corrected chi connectivity index (χ1v) is 11.4. The minimum Gasteiger partial charge on any atom is -0.476 e. The second-order valence-corrected chi connectivity index (χ2v) is 10.0. The van der Waals surface area contributed by atoms with Crippen LogP contribution in [0.1, 0.15) is 70.1 Å². The van der Waals surface area contributed by atoms with Gasteiger partial charge in [0.2, 0.25) is 0 Å². The van der Waals surface area contributed by atoms with E-state index in [1.807, 2.05) is 25.3 Å². The van der Waals surface area contributed by atoms with Crippen molar-refractivity contribution in [3.63, 3.8) is 0 Å². The van der Waals surface area contributed by atoms with E-state index in [0.29, 0.717) is 36.5 Å². The maximum Gasteiger partial charge on any atom is 0.356 e. The van der Waals surface area contributed by atoms with Gasteiger partial charge in [-0.2, -0.15) is 0 Å². The molecule has 0 bridgehead atoms. The van der Waals surface area contributed by atoms with Crippen LogP contribution in [-0.4, -0.2) is 50.2 Å². The molecule has 1 aliphatic rings. The Labute approximate surface area is 199 Å². The predicted molar refractivity (Wildman–Crippen MR) is 123 cm³/mol. The number of ether oxygens (including phenoxy) is 3. The summed E-state index contributed by atoms with van der Waals surface area (Å²) in [7, 11) is 0. The van der Waals surface area contributed by atoms with Crippen LogP contribution >= 0.6 is 0 Å². The number of carboxylic acid groups (broad SMARTS) is 1.